The molecule has 0 radical (unpaired) electrons. The standard InChI is InChI=1S/C10H15N3O/c11-5-8-13-10(14)2-1-9-3-6-12-7-4-9/h3-4,6-7H,1-2,5,8,11H2,(H,13,14). The summed E-state index contributed by atoms with van der Waals surface area (Å²) in [5, 5.41) is 2.72. The maximum Gasteiger partial charge on any atom is 0.220 e. The Morgan fingerprint density at radius 2 is 2.14 bits per heavy atom. The lowest BCUT2D eigenvalue weighted by atomic mass is 10.1. The summed E-state index contributed by atoms with van der Waals surface area (Å²) in [5.74, 6) is 0.0484. The van der Waals surface area contributed by atoms with Gasteiger partial charge in [0.05, 0.1) is 0 Å². The zero-order valence-corrected chi connectivity index (χ0v) is 8.07. The summed E-state index contributed by atoms with van der Waals surface area (Å²) in [6, 6.07) is 3.83. The first-order valence-corrected chi connectivity index (χ1v) is 4.68. The summed E-state index contributed by atoms with van der Waals surface area (Å²) in [5.41, 5.74) is 6.39. The number of hydrogen-bond acceptors (Lipinski definition) is 3. The second kappa shape index (κ2) is 6.10. The maximum atomic E-state index is 11.2. The fourth-order valence-electron chi connectivity index (χ4n) is 1.11. The molecule has 3 N–H and O–H groups in total. The molecule has 0 aliphatic heterocycles. The van der Waals surface area contributed by atoms with Crippen molar-refractivity contribution in [2.24, 2.45) is 5.73 Å². The van der Waals surface area contributed by atoms with Gasteiger partial charge in [-0.25, -0.2) is 0 Å². The summed E-state index contributed by atoms with van der Waals surface area (Å²) in [7, 11) is 0. The Bertz CT molecular complexity index is 274. The minimum absolute atomic E-state index is 0.0484. The molecule has 0 atom stereocenters. The molecule has 0 saturated heterocycles. The van der Waals surface area contributed by atoms with Crippen LogP contribution in [0.5, 0.6) is 0 Å². The van der Waals surface area contributed by atoms with E-state index in [9.17, 15) is 4.79 Å². The van der Waals surface area contributed by atoms with Gasteiger partial charge in [0, 0.05) is 31.9 Å². The number of nitrogens with zero attached hydrogens (tertiary/aromatic N) is 1. The van der Waals surface area contributed by atoms with E-state index < -0.39 is 0 Å². The van der Waals surface area contributed by atoms with Crippen LogP contribution in [-0.2, 0) is 11.2 Å². The van der Waals surface area contributed by atoms with Crippen molar-refractivity contribution >= 4 is 5.91 Å². The number of hydrogen-bond donors (Lipinski definition) is 2. The third-order valence-corrected chi connectivity index (χ3v) is 1.86. The van der Waals surface area contributed by atoms with Crippen molar-refractivity contribution in [1.29, 1.82) is 0 Å². The van der Waals surface area contributed by atoms with Crippen LogP contribution >= 0.6 is 0 Å². The van der Waals surface area contributed by atoms with E-state index in [4.69, 9.17) is 5.73 Å². The van der Waals surface area contributed by atoms with E-state index in [1.54, 1.807) is 12.4 Å². The van der Waals surface area contributed by atoms with Gasteiger partial charge in [-0.05, 0) is 24.1 Å². The minimum atomic E-state index is 0.0484. The number of nitrogens with two attached hydrogens (primary N) is 1. The van der Waals surface area contributed by atoms with Crippen molar-refractivity contribution < 1.29 is 4.79 Å². The van der Waals surface area contributed by atoms with Crippen LogP contribution in [0.2, 0.25) is 0 Å². The van der Waals surface area contributed by atoms with Crippen molar-refractivity contribution in [1.82, 2.24) is 10.3 Å². The van der Waals surface area contributed by atoms with Crippen molar-refractivity contribution in [2.45, 2.75) is 12.8 Å². The summed E-state index contributed by atoms with van der Waals surface area (Å²) < 4.78 is 0. The molecule has 0 spiro atoms. The topological polar surface area (TPSA) is 68.0 Å². The number of rotatable bonds is 5. The normalized spacial score (nSPS) is 9.79. The molecule has 1 aromatic heterocycles. The van der Waals surface area contributed by atoms with Gasteiger partial charge >= 0.3 is 0 Å². The molecule has 1 amide bonds. The molecule has 4 nitrogen and oxygen atoms in total. The van der Waals surface area contributed by atoms with Crippen LogP contribution in [0.15, 0.2) is 24.5 Å². The molecule has 14 heavy (non-hydrogen) atoms. The Morgan fingerprint density at radius 1 is 1.43 bits per heavy atom. The Hall–Kier alpha value is -1.42. The van der Waals surface area contributed by atoms with E-state index in [0.717, 1.165) is 12.0 Å². The van der Waals surface area contributed by atoms with Gasteiger partial charge in [-0.2, -0.15) is 0 Å². The van der Waals surface area contributed by atoms with Crippen molar-refractivity contribution in [2.75, 3.05) is 13.1 Å². The number of pyridine rings is 1. The Morgan fingerprint density at radius 3 is 2.79 bits per heavy atom. The number of carbonyl (C=O) groups excluding carboxylic acids is 1. The molecule has 1 rings (SSSR count). The van der Waals surface area contributed by atoms with E-state index in [0.29, 0.717) is 19.5 Å². The number of aromatic nitrogens is 1. The Labute approximate surface area is 83.5 Å². The lowest BCUT2D eigenvalue weighted by Gasteiger charge is -2.02. The average Bonchev–Trinajstić information content (AvgIpc) is 2.25. The van der Waals surface area contributed by atoms with E-state index >= 15 is 0 Å². The quantitative estimate of drug-likeness (QED) is 0.696. The first-order chi connectivity index (χ1) is 6.83. The van der Waals surface area contributed by atoms with Crippen molar-refractivity contribution in [3.8, 4) is 0 Å². The Balaban J connectivity index is 2.24. The number of aryl methyl sites for hydroxylation is 1. The fourth-order valence-corrected chi connectivity index (χ4v) is 1.11. The minimum Gasteiger partial charge on any atom is -0.355 e. The second-order valence-corrected chi connectivity index (χ2v) is 2.99. The number of amides is 1. The van der Waals surface area contributed by atoms with E-state index in [-0.39, 0.29) is 5.91 Å². The molecule has 0 bridgehead atoms. The van der Waals surface area contributed by atoms with Gasteiger partial charge in [-0.1, -0.05) is 0 Å². The summed E-state index contributed by atoms with van der Waals surface area (Å²) in [4.78, 5) is 15.1. The molecule has 0 aliphatic carbocycles. The van der Waals surface area contributed by atoms with Crippen molar-refractivity contribution in [3.63, 3.8) is 0 Å². The van der Waals surface area contributed by atoms with Crippen LogP contribution in [0.1, 0.15) is 12.0 Å². The SMILES string of the molecule is NCCNC(=O)CCc1ccncc1. The molecule has 4 heteroatoms. The van der Waals surface area contributed by atoms with Crippen LogP contribution in [0.25, 0.3) is 0 Å². The van der Waals surface area contributed by atoms with Crippen LogP contribution in [0.3, 0.4) is 0 Å². The second-order valence-electron chi connectivity index (χ2n) is 2.99. The third-order valence-electron chi connectivity index (χ3n) is 1.86. The molecule has 1 heterocycles. The number of nitrogens with one attached hydrogen (secondary N) is 1. The predicted molar refractivity (Wildman–Crippen MR) is 54.6 cm³/mol. The van der Waals surface area contributed by atoms with Crippen LogP contribution in [-0.4, -0.2) is 24.0 Å². The Kier molecular flexibility index (Phi) is 4.64. The largest absolute Gasteiger partial charge is 0.355 e. The summed E-state index contributed by atoms with van der Waals surface area (Å²) in [6.07, 6.45) is 4.71. The molecule has 76 valence electrons. The molecular formula is C10H15N3O. The smallest absolute Gasteiger partial charge is 0.220 e. The zero-order chi connectivity index (χ0) is 10.2. The molecule has 1 aromatic rings. The van der Waals surface area contributed by atoms with Crippen LogP contribution < -0.4 is 11.1 Å². The maximum absolute atomic E-state index is 11.2. The van der Waals surface area contributed by atoms with Gasteiger partial charge in [0.2, 0.25) is 5.91 Å². The molecule has 0 aromatic carbocycles. The fraction of sp³-hybridized carbons (Fsp3) is 0.400. The van der Waals surface area contributed by atoms with E-state index in [1.165, 1.54) is 0 Å². The average molecular weight is 193 g/mol. The van der Waals surface area contributed by atoms with E-state index in [2.05, 4.69) is 10.3 Å². The molecule has 0 unspecified atom stereocenters. The highest BCUT2D eigenvalue weighted by Gasteiger charge is 2.00. The van der Waals surface area contributed by atoms with Gasteiger partial charge in [0.15, 0.2) is 0 Å². The highest BCUT2D eigenvalue weighted by molar-refractivity contribution is 5.76. The molecule has 0 aliphatic rings. The summed E-state index contributed by atoms with van der Waals surface area (Å²) >= 11 is 0. The lowest BCUT2D eigenvalue weighted by Crippen LogP contribution is -2.29. The monoisotopic (exact) mass is 193 g/mol. The first kappa shape index (κ1) is 10.7. The third kappa shape index (κ3) is 4.00. The molecular weight excluding hydrogens is 178 g/mol. The molecule has 0 fully saturated rings. The highest BCUT2D eigenvalue weighted by atomic mass is 16.1. The first-order valence-electron chi connectivity index (χ1n) is 4.68. The van der Waals surface area contributed by atoms with Crippen LogP contribution in [0, 0.1) is 0 Å². The number of carbonyl (C=O) groups is 1. The van der Waals surface area contributed by atoms with Crippen molar-refractivity contribution in [3.05, 3.63) is 30.1 Å². The van der Waals surface area contributed by atoms with Crippen LogP contribution in [0.4, 0.5) is 0 Å². The van der Waals surface area contributed by atoms with Gasteiger partial charge in [0.1, 0.15) is 0 Å². The highest BCUT2D eigenvalue weighted by Crippen LogP contribution is 2.00. The van der Waals surface area contributed by atoms with Gasteiger partial charge in [-0.3, -0.25) is 9.78 Å². The zero-order valence-electron chi connectivity index (χ0n) is 8.07. The summed E-state index contributed by atoms with van der Waals surface area (Å²) in [6.45, 7) is 1.04. The van der Waals surface area contributed by atoms with Gasteiger partial charge in [-0.15, -0.1) is 0 Å². The van der Waals surface area contributed by atoms with Gasteiger partial charge in [0.25, 0.3) is 0 Å². The molecule has 0 saturated carbocycles. The van der Waals surface area contributed by atoms with E-state index in [1.807, 2.05) is 12.1 Å². The lowest BCUT2D eigenvalue weighted by molar-refractivity contribution is -0.120. The predicted octanol–water partition coefficient (Wildman–Crippen LogP) is 0.0891. The van der Waals surface area contributed by atoms with Gasteiger partial charge < -0.3 is 11.1 Å².